The number of carbonyl (C=O) groups excluding carboxylic acids is 1. The summed E-state index contributed by atoms with van der Waals surface area (Å²) in [5.74, 6) is 1.23. The zero-order chi connectivity index (χ0) is 18.9. The number of carbonyl (C=O) groups is 1. The van der Waals surface area contributed by atoms with E-state index >= 15 is 0 Å². The first-order valence-electron chi connectivity index (χ1n) is 8.60. The maximum absolute atomic E-state index is 12.9. The van der Waals surface area contributed by atoms with Crippen LogP contribution in [0.2, 0.25) is 0 Å². The molecule has 0 bridgehead atoms. The fourth-order valence-corrected chi connectivity index (χ4v) is 3.14. The van der Waals surface area contributed by atoms with Crippen molar-refractivity contribution in [2.75, 3.05) is 29.6 Å². The Kier molecular flexibility index (Phi) is 4.68. The number of rotatable bonds is 4. The highest BCUT2D eigenvalue weighted by Gasteiger charge is 2.36. The highest BCUT2D eigenvalue weighted by atomic mass is 16.5. The SMILES string of the molecule is COc1ccccc1NC(=O)C(C)N1CC(C)(C)Oc2ccc(N)cc21. The topological polar surface area (TPSA) is 76.8 Å². The number of nitrogens with zero attached hydrogens (tertiary/aromatic N) is 1. The average molecular weight is 355 g/mol. The van der Waals surface area contributed by atoms with Gasteiger partial charge in [-0.1, -0.05) is 12.1 Å². The number of hydrogen-bond donors (Lipinski definition) is 2. The van der Waals surface area contributed by atoms with E-state index in [9.17, 15) is 4.79 Å². The van der Waals surface area contributed by atoms with E-state index in [0.717, 1.165) is 11.4 Å². The summed E-state index contributed by atoms with van der Waals surface area (Å²) in [7, 11) is 1.58. The van der Waals surface area contributed by atoms with Crippen LogP contribution in [0, 0.1) is 0 Å². The van der Waals surface area contributed by atoms with Crippen molar-refractivity contribution in [3.63, 3.8) is 0 Å². The molecule has 2 aromatic carbocycles. The predicted octanol–water partition coefficient (Wildman–Crippen LogP) is 3.28. The molecule has 138 valence electrons. The first-order chi connectivity index (χ1) is 12.3. The fourth-order valence-electron chi connectivity index (χ4n) is 3.14. The van der Waals surface area contributed by atoms with Gasteiger partial charge in [-0.25, -0.2) is 0 Å². The molecule has 1 atom stereocenters. The van der Waals surface area contributed by atoms with E-state index in [-0.39, 0.29) is 5.91 Å². The van der Waals surface area contributed by atoms with Gasteiger partial charge in [-0.3, -0.25) is 4.79 Å². The third-order valence-corrected chi connectivity index (χ3v) is 4.44. The number of para-hydroxylation sites is 2. The van der Waals surface area contributed by atoms with Crippen molar-refractivity contribution in [1.29, 1.82) is 0 Å². The number of methoxy groups -OCH3 is 1. The summed E-state index contributed by atoms with van der Waals surface area (Å²) in [5.41, 5.74) is 7.64. The molecular formula is C20H25N3O3. The Morgan fingerprint density at radius 2 is 2.04 bits per heavy atom. The van der Waals surface area contributed by atoms with Crippen molar-refractivity contribution in [2.24, 2.45) is 0 Å². The summed E-state index contributed by atoms with van der Waals surface area (Å²) in [6.07, 6.45) is 0. The molecule has 0 fully saturated rings. The molecule has 0 aromatic heterocycles. The van der Waals surface area contributed by atoms with Crippen LogP contribution in [0.5, 0.6) is 11.5 Å². The second-order valence-corrected chi connectivity index (χ2v) is 7.08. The molecule has 26 heavy (non-hydrogen) atoms. The summed E-state index contributed by atoms with van der Waals surface area (Å²) in [4.78, 5) is 14.9. The average Bonchev–Trinajstić information content (AvgIpc) is 2.60. The minimum Gasteiger partial charge on any atom is -0.495 e. The standard InChI is InChI=1S/C20H25N3O3/c1-13(19(24)22-15-7-5-6-8-17(15)25-4)23-12-20(2,3)26-18-10-9-14(21)11-16(18)23/h5-11,13H,12,21H2,1-4H3,(H,22,24). The molecule has 1 aliphatic rings. The van der Waals surface area contributed by atoms with Crippen molar-refractivity contribution >= 4 is 23.0 Å². The Balaban J connectivity index is 1.88. The van der Waals surface area contributed by atoms with Gasteiger partial charge in [0.05, 0.1) is 25.0 Å². The van der Waals surface area contributed by atoms with E-state index in [2.05, 4.69) is 5.32 Å². The van der Waals surface area contributed by atoms with Gasteiger partial charge >= 0.3 is 0 Å². The molecule has 3 rings (SSSR count). The summed E-state index contributed by atoms with van der Waals surface area (Å²) in [6.45, 7) is 6.46. The Hall–Kier alpha value is -2.89. The van der Waals surface area contributed by atoms with Crippen LogP contribution >= 0.6 is 0 Å². The molecule has 0 radical (unpaired) electrons. The molecule has 0 saturated heterocycles. The Morgan fingerprint density at radius 3 is 2.77 bits per heavy atom. The van der Waals surface area contributed by atoms with Crippen LogP contribution in [-0.2, 0) is 4.79 Å². The summed E-state index contributed by atoms with van der Waals surface area (Å²) in [5, 5.41) is 2.95. The van der Waals surface area contributed by atoms with Gasteiger partial charge in [0.25, 0.3) is 0 Å². The van der Waals surface area contributed by atoms with E-state index in [1.165, 1.54) is 0 Å². The lowest BCUT2D eigenvalue weighted by molar-refractivity contribution is -0.117. The van der Waals surface area contributed by atoms with Crippen molar-refractivity contribution in [1.82, 2.24) is 0 Å². The van der Waals surface area contributed by atoms with Crippen LogP contribution < -0.4 is 25.4 Å². The Morgan fingerprint density at radius 1 is 1.31 bits per heavy atom. The number of hydrogen-bond acceptors (Lipinski definition) is 5. The van der Waals surface area contributed by atoms with Crippen molar-refractivity contribution in [2.45, 2.75) is 32.4 Å². The molecule has 6 heteroatoms. The van der Waals surface area contributed by atoms with Gasteiger partial charge in [-0.05, 0) is 51.1 Å². The number of amides is 1. The summed E-state index contributed by atoms with van der Waals surface area (Å²) < 4.78 is 11.4. The smallest absolute Gasteiger partial charge is 0.246 e. The minimum atomic E-state index is -0.415. The quantitative estimate of drug-likeness (QED) is 0.823. The maximum Gasteiger partial charge on any atom is 0.246 e. The van der Waals surface area contributed by atoms with Gasteiger partial charge in [0.15, 0.2) is 0 Å². The lowest BCUT2D eigenvalue weighted by Crippen LogP contribution is -2.53. The lowest BCUT2D eigenvalue weighted by atomic mass is 10.0. The maximum atomic E-state index is 12.9. The van der Waals surface area contributed by atoms with Gasteiger partial charge in [0.1, 0.15) is 23.1 Å². The molecule has 3 N–H and O–H groups in total. The molecule has 6 nitrogen and oxygen atoms in total. The molecule has 0 aliphatic carbocycles. The van der Waals surface area contributed by atoms with Crippen molar-refractivity contribution in [3.8, 4) is 11.5 Å². The van der Waals surface area contributed by atoms with Crippen molar-refractivity contribution < 1.29 is 14.3 Å². The number of nitrogen functional groups attached to an aromatic ring is 1. The normalized spacial score (nSPS) is 16.2. The number of ether oxygens (including phenoxy) is 2. The highest BCUT2D eigenvalue weighted by Crippen LogP contribution is 2.39. The first kappa shape index (κ1) is 17.9. The number of anilines is 3. The lowest BCUT2D eigenvalue weighted by Gasteiger charge is -2.43. The first-order valence-corrected chi connectivity index (χ1v) is 8.60. The van der Waals surface area contributed by atoms with E-state index in [0.29, 0.717) is 23.7 Å². The number of nitrogens with two attached hydrogens (primary N) is 1. The van der Waals surface area contributed by atoms with Gasteiger partial charge < -0.3 is 25.4 Å². The summed E-state index contributed by atoms with van der Waals surface area (Å²) >= 11 is 0. The zero-order valence-corrected chi connectivity index (χ0v) is 15.6. The molecule has 1 amide bonds. The molecule has 0 spiro atoms. The van der Waals surface area contributed by atoms with Crippen LogP contribution in [0.3, 0.4) is 0 Å². The third kappa shape index (κ3) is 3.54. The van der Waals surface area contributed by atoms with E-state index in [1.54, 1.807) is 13.2 Å². The molecule has 1 unspecified atom stereocenters. The van der Waals surface area contributed by atoms with E-state index in [4.69, 9.17) is 15.2 Å². The van der Waals surface area contributed by atoms with Crippen molar-refractivity contribution in [3.05, 3.63) is 42.5 Å². The second-order valence-electron chi connectivity index (χ2n) is 7.08. The number of nitrogens with one attached hydrogen (secondary N) is 1. The summed E-state index contributed by atoms with van der Waals surface area (Å²) in [6, 6.07) is 12.4. The molecule has 1 heterocycles. The van der Waals surface area contributed by atoms with Crippen LogP contribution in [0.1, 0.15) is 20.8 Å². The van der Waals surface area contributed by atoms with Crippen LogP contribution in [-0.4, -0.2) is 31.2 Å². The fraction of sp³-hybridized carbons (Fsp3) is 0.350. The highest BCUT2D eigenvalue weighted by molar-refractivity contribution is 5.98. The van der Waals surface area contributed by atoms with Gasteiger partial charge in [-0.15, -0.1) is 0 Å². The van der Waals surface area contributed by atoms with Crippen LogP contribution in [0.4, 0.5) is 17.1 Å². The Labute approximate surface area is 153 Å². The molecule has 1 aliphatic heterocycles. The van der Waals surface area contributed by atoms with Gasteiger partial charge in [-0.2, -0.15) is 0 Å². The van der Waals surface area contributed by atoms with Crippen LogP contribution in [0.15, 0.2) is 42.5 Å². The van der Waals surface area contributed by atoms with E-state index in [1.807, 2.05) is 62.1 Å². The number of fused-ring (bicyclic) bond motifs is 1. The predicted molar refractivity (Wildman–Crippen MR) is 104 cm³/mol. The Bertz CT molecular complexity index is 820. The minimum absolute atomic E-state index is 0.124. The monoisotopic (exact) mass is 355 g/mol. The van der Waals surface area contributed by atoms with Crippen LogP contribution in [0.25, 0.3) is 0 Å². The molecule has 0 saturated carbocycles. The van der Waals surface area contributed by atoms with E-state index < -0.39 is 11.6 Å². The second kappa shape index (κ2) is 6.78. The third-order valence-electron chi connectivity index (χ3n) is 4.44. The zero-order valence-electron chi connectivity index (χ0n) is 15.6. The largest absolute Gasteiger partial charge is 0.495 e. The van der Waals surface area contributed by atoms with Gasteiger partial charge in [0.2, 0.25) is 5.91 Å². The molecular weight excluding hydrogens is 330 g/mol. The number of benzene rings is 2. The van der Waals surface area contributed by atoms with Gasteiger partial charge in [0, 0.05) is 5.69 Å². The molecule has 2 aromatic rings.